The zero-order chi connectivity index (χ0) is 14.9. The Bertz CT molecular complexity index is 906. The van der Waals surface area contributed by atoms with Crippen LogP contribution in [-0.2, 0) is 0 Å². The SMILES string of the molecule is Cc1ncc(-c2ncc(-c3ncc(-c4ccccc4)o3)o2)o1. The summed E-state index contributed by atoms with van der Waals surface area (Å²) >= 11 is 0. The largest absolute Gasteiger partial charge is 0.436 e. The maximum absolute atomic E-state index is 5.72. The van der Waals surface area contributed by atoms with Gasteiger partial charge in [-0.2, -0.15) is 0 Å². The van der Waals surface area contributed by atoms with Gasteiger partial charge in [0.15, 0.2) is 11.7 Å². The molecule has 0 saturated heterocycles. The molecule has 0 atom stereocenters. The summed E-state index contributed by atoms with van der Waals surface area (Å²) in [7, 11) is 0. The van der Waals surface area contributed by atoms with Gasteiger partial charge >= 0.3 is 0 Å². The Morgan fingerprint density at radius 3 is 1.95 bits per heavy atom. The van der Waals surface area contributed by atoms with Crippen molar-refractivity contribution in [1.82, 2.24) is 15.0 Å². The minimum absolute atomic E-state index is 0.343. The lowest BCUT2D eigenvalue weighted by atomic mass is 10.2. The van der Waals surface area contributed by atoms with Crippen LogP contribution >= 0.6 is 0 Å². The van der Waals surface area contributed by atoms with E-state index in [1.54, 1.807) is 25.5 Å². The number of aryl methyl sites for hydroxylation is 1. The third kappa shape index (κ3) is 2.20. The standard InChI is InChI=1S/C16H11N3O3/c1-10-17-8-13(20-10)15-19-9-14(22-15)16-18-7-12(21-16)11-5-3-2-4-6-11/h2-9H,1H3. The van der Waals surface area contributed by atoms with Gasteiger partial charge in [-0.1, -0.05) is 30.3 Å². The highest BCUT2D eigenvalue weighted by Crippen LogP contribution is 2.29. The van der Waals surface area contributed by atoms with E-state index in [2.05, 4.69) is 15.0 Å². The van der Waals surface area contributed by atoms with Gasteiger partial charge in [0.05, 0.1) is 18.6 Å². The quantitative estimate of drug-likeness (QED) is 0.569. The van der Waals surface area contributed by atoms with Crippen LogP contribution in [0.15, 0.2) is 62.2 Å². The van der Waals surface area contributed by atoms with Gasteiger partial charge in [0.25, 0.3) is 11.8 Å². The highest BCUT2D eigenvalue weighted by Gasteiger charge is 2.16. The fraction of sp³-hybridized carbons (Fsp3) is 0.0625. The predicted octanol–water partition coefficient (Wildman–Crippen LogP) is 3.96. The summed E-state index contributed by atoms with van der Waals surface area (Å²) in [6.45, 7) is 1.76. The molecule has 0 unspecified atom stereocenters. The Morgan fingerprint density at radius 2 is 1.27 bits per heavy atom. The molecule has 0 spiro atoms. The number of aromatic nitrogens is 3. The highest BCUT2D eigenvalue weighted by molar-refractivity contribution is 5.59. The van der Waals surface area contributed by atoms with E-state index in [0.717, 1.165) is 5.56 Å². The molecule has 0 fully saturated rings. The molecule has 0 aliphatic carbocycles. The van der Waals surface area contributed by atoms with Crippen LogP contribution in [0.5, 0.6) is 0 Å². The number of hydrogen-bond acceptors (Lipinski definition) is 6. The molecule has 0 radical (unpaired) electrons. The van der Waals surface area contributed by atoms with Crippen molar-refractivity contribution in [3.63, 3.8) is 0 Å². The molecule has 1 aromatic carbocycles. The second-order valence-electron chi connectivity index (χ2n) is 4.67. The van der Waals surface area contributed by atoms with Gasteiger partial charge in [-0.05, 0) is 0 Å². The molecule has 6 nitrogen and oxygen atoms in total. The molecule has 0 saturated carbocycles. The van der Waals surface area contributed by atoms with Crippen molar-refractivity contribution in [2.45, 2.75) is 6.92 Å². The zero-order valence-electron chi connectivity index (χ0n) is 11.7. The summed E-state index contributed by atoms with van der Waals surface area (Å²) < 4.78 is 16.7. The molecular weight excluding hydrogens is 282 g/mol. The van der Waals surface area contributed by atoms with Crippen molar-refractivity contribution >= 4 is 0 Å². The average Bonchev–Trinajstić information content (AvgIpc) is 3.27. The normalized spacial score (nSPS) is 11.0. The third-order valence-corrected chi connectivity index (χ3v) is 3.11. The molecule has 0 aliphatic heterocycles. The lowest BCUT2D eigenvalue weighted by Gasteiger charge is -1.93. The van der Waals surface area contributed by atoms with Crippen LogP contribution in [0.1, 0.15) is 5.89 Å². The van der Waals surface area contributed by atoms with E-state index in [1.165, 1.54) is 0 Å². The van der Waals surface area contributed by atoms with Crippen molar-refractivity contribution in [2.75, 3.05) is 0 Å². The minimum atomic E-state index is 0.343. The van der Waals surface area contributed by atoms with Gasteiger partial charge < -0.3 is 13.3 Å². The van der Waals surface area contributed by atoms with Gasteiger partial charge in [-0.3, -0.25) is 0 Å². The first-order valence-corrected chi connectivity index (χ1v) is 6.70. The van der Waals surface area contributed by atoms with Crippen LogP contribution in [0.2, 0.25) is 0 Å². The summed E-state index contributed by atoms with van der Waals surface area (Å²) in [6.07, 6.45) is 4.77. The molecule has 22 heavy (non-hydrogen) atoms. The number of rotatable bonds is 3. The zero-order valence-corrected chi connectivity index (χ0v) is 11.7. The lowest BCUT2D eigenvalue weighted by Crippen LogP contribution is -1.71. The molecule has 0 N–H and O–H groups in total. The van der Waals surface area contributed by atoms with E-state index in [9.17, 15) is 0 Å². The number of hydrogen-bond donors (Lipinski definition) is 0. The van der Waals surface area contributed by atoms with Crippen molar-refractivity contribution in [3.8, 4) is 34.6 Å². The molecule has 3 heterocycles. The Labute approximate surface area is 125 Å². The molecule has 0 amide bonds. The number of benzene rings is 1. The van der Waals surface area contributed by atoms with Gasteiger partial charge in [0, 0.05) is 12.5 Å². The Balaban J connectivity index is 1.66. The summed E-state index contributed by atoms with van der Waals surface area (Å²) in [5.41, 5.74) is 0.951. The average molecular weight is 293 g/mol. The molecule has 4 rings (SSSR count). The summed E-state index contributed by atoms with van der Waals surface area (Å²) in [6, 6.07) is 9.73. The Morgan fingerprint density at radius 1 is 0.682 bits per heavy atom. The van der Waals surface area contributed by atoms with E-state index in [-0.39, 0.29) is 0 Å². The van der Waals surface area contributed by atoms with E-state index >= 15 is 0 Å². The molecule has 0 aliphatic rings. The topological polar surface area (TPSA) is 78.1 Å². The first-order valence-electron chi connectivity index (χ1n) is 6.70. The fourth-order valence-corrected chi connectivity index (χ4v) is 2.07. The van der Waals surface area contributed by atoms with Crippen molar-refractivity contribution in [3.05, 3.63) is 54.8 Å². The molecule has 4 aromatic rings. The minimum Gasteiger partial charge on any atom is -0.436 e. The molecular formula is C16H11N3O3. The van der Waals surface area contributed by atoms with Crippen LogP contribution in [0.4, 0.5) is 0 Å². The van der Waals surface area contributed by atoms with Crippen LogP contribution in [0.25, 0.3) is 34.6 Å². The number of oxazole rings is 3. The molecule has 108 valence electrons. The van der Waals surface area contributed by atoms with E-state index in [1.807, 2.05) is 30.3 Å². The summed E-state index contributed by atoms with van der Waals surface area (Å²) in [5, 5.41) is 0. The first kappa shape index (κ1) is 12.6. The van der Waals surface area contributed by atoms with Crippen LogP contribution < -0.4 is 0 Å². The van der Waals surface area contributed by atoms with Crippen molar-refractivity contribution in [2.24, 2.45) is 0 Å². The monoisotopic (exact) mass is 293 g/mol. The molecule has 3 aromatic heterocycles. The second kappa shape index (κ2) is 5.00. The van der Waals surface area contributed by atoms with Gasteiger partial charge in [0.1, 0.15) is 0 Å². The van der Waals surface area contributed by atoms with Crippen molar-refractivity contribution in [1.29, 1.82) is 0 Å². The second-order valence-corrected chi connectivity index (χ2v) is 4.67. The van der Waals surface area contributed by atoms with Gasteiger partial charge in [-0.25, -0.2) is 15.0 Å². The summed E-state index contributed by atoms with van der Waals surface area (Å²) in [4.78, 5) is 12.4. The maximum Gasteiger partial charge on any atom is 0.265 e. The smallest absolute Gasteiger partial charge is 0.265 e. The van der Waals surface area contributed by atoms with Crippen LogP contribution in [-0.4, -0.2) is 15.0 Å². The van der Waals surface area contributed by atoms with E-state index in [0.29, 0.717) is 35.0 Å². The maximum atomic E-state index is 5.72. The van der Waals surface area contributed by atoms with Gasteiger partial charge in [0.2, 0.25) is 11.5 Å². The van der Waals surface area contributed by atoms with E-state index < -0.39 is 0 Å². The van der Waals surface area contributed by atoms with Crippen LogP contribution in [0.3, 0.4) is 0 Å². The summed E-state index contributed by atoms with van der Waals surface area (Å²) in [5.74, 6) is 2.84. The highest BCUT2D eigenvalue weighted by atomic mass is 16.4. The lowest BCUT2D eigenvalue weighted by molar-refractivity contribution is 0.488. The Kier molecular flexibility index (Phi) is 2.86. The third-order valence-electron chi connectivity index (χ3n) is 3.11. The molecule has 6 heteroatoms. The predicted molar refractivity (Wildman–Crippen MR) is 77.7 cm³/mol. The first-order chi connectivity index (χ1) is 10.8. The Hall–Kier alpha value is -3.15. The van der Waals surface area contributed by atoms with Crippen LogP contribution in [0, 0.1) is 6.92 Å². The van der Waals surface area contributed by atoms with E-state index in [4.69, 9.17) is 13.3 Å². The van der Waals surface area contributed by atoms with Gasteiger partial charge in [-0.15, -0.1) is 0 Å². The van der Waals surface area contributed by atoms with Crippen molar-refractivity contribution < 1.29 is 13.3 Å². The molecule has 0 bridgehead atoms. The number of nitrogens with zero attached hydrogens (tertiary/aromatic N) is 3. The fourth-order valence-electron chi connectivity index (χ4n) is 2.07.